The predicted molar refractivity (Wildman–Crippen MR) is 80.2 cm³/mol. The minimum atomic E-state index is -0.484. The molecule has 0 bridgehead atoms. The van der Waals surface area contributed by atoms with Crippen LogP contribution in [0.2, 0.25) is 5.02 Å². The van der Waals surface area contributed by atoms with Crippen molar-refractivity contribution in [2.24, 2.45) is 0 Å². The lowest BCUT2D eigenvalue weighted by atomic mass is 10.1. The Kier molecular flexibility index (Phi) is 4.28. The number of halogens is 3. The zero-order chi connectivity index (χ0) is 15.1. The first-order chi connectivity index (χ1) is 9.27. The number of benzene rings is 1. The molecule has 0 saturated heterocycles. The van der Waals surface area contributed by atoms with Crippen molar-refractivity contribution in [3.8, 4) is 0 Å². The van der Waals surface area contributed by atoms with Crippen LogP contribution < -0.4 is 0 Å². The molecule has 2 aromatic rings. The van der Waals surface area contributed by atoms with Crippen molar-refractivity contribution in [1.29, 1.82) is 0 Å². The molecule has 0 aliphatic carbocycles. The van der Waals surface area contributed by atoms with Crippen LogP contribution in [-0.4, -0.2) is 23.3 Å². The molecule has 0 spiro atoms. The van der Waals surface area contributed by atoms with E-state index >= 15 is 0 Å². The standard InChI is InChI=1S/C14H17Cl2FN2O/c1-8(15)13-18-11-6-10(17)9(16)5-12(11)19(13)14(2,3)7-20-4/h5-6,8H,7H2,1-4H3. The maximum Gasteiger partial charge on any atom is 0.144 e. The van der Waals surface area contributed by atoms with Crippen molar-refractivity contribution < 1.29 is 9.13 Å². The van der Waals surface area contributed by atoms with Crippen molar-refractivity contribution in [1.82, 2.24) is 9.55 Å². The Bertz CT molecular complexity index is 638. The smallest absolute Gasteiger partial charge is 0.144 e. The summed E-state index contributed by atoms with van der Waals surface area (Å²) < 4.78 is 20.8. The van der Waals surface area contributed by atoms with Crippen molar-refractivity contribution in [2.45, 2.75) is 31.7 Å². The molecule has 0 amide bonds. The number of hydrogen-bond donors (Lipinski definition) is 0. The highest BCUT2D eigenvalue weighted by Crippen LogP contribution is 2.33. The van der Waals surface area contributed by atoms with Gasteiger partial charge in [0.05, 0.1) is 33.6 Å². The van der Waals surface area contributed by atoms with Gasteiger partial charge < -0.3 is 9.30 Å². The van der Waals surface area contributed by atoms with Gasteiger partial charge in [0.15, 0.2) is 0 Å². The molecule has 0 aliphatic rings. The number of rotatable bonds is 4. The largest absolute Gasteiger partial charge is 0.382 e. The lowest BCUT2D eigenvalue weighted by molar-refractivity contribution is 0.110. The van der Waals surface area contributed by atoms with Crippen molar-refractivity contribution in [3.63, 3.8) is 0 Å². The molecule has 1 unspecified atom stereocenters. The van der Waals surface area contributed by atoms with E-state index in [-0.39, 0.29) is 15.9 Å². The topological polar surface area (TPSA) is 27.1 Å². The van der Waals surface area contributed by atoms with E-state index in [0.717, 1.165) is 5.52 Å². The number of alkyl halides is 1. The molecule has 0 fully saturated rings. The second kappa shape index (κ2) is 5.51. The number of ether oxygens (including phenoxy) is 1. The summed E-state index contributed by atoms with van der Waals surface area (Å²) in [6.45, 7) is 6.33. The third-order valence-corrected chi connectivity index (χ3v) is 3.67. The number of imidazole rings is 1. The van der Waals surface area contributed by atoms with Crippen LogP contribution in [0.5, 0.6) is 0 Å². The molecule has 0 N–H and O–H groups in total. The van der Waals surface area contributed by atoms with E-state index in [1.807, 2.05) is 25.3 Å². The number of nitrogens with zero attached hydrogens (tertiary/aromatic N) is 2. The highest BCUT2D eigenvalue weighted by atomic mass is 35.5. The molecule has 6 heteroatoms. The Morgan fingerprint density at radius 3 is 2.65 bits per heavy atom. The molecule has 1 aromatic heterocycles. The van der Waals surface area contributed by atoms with Crippen LogP contribution in [0, 0.1) is 5.82 Å². The third-order valence-electron chi connectivity index (χ3n) is 3.18. The Balaban J connectivity index is 2.78. The summed E-state index contributed by atoms with van der Waals surface area (Å²) in [4.78, 5) is 4.44. The Hall–Kier alpha value is -0.840. The molecule has 0 saturated carbocycles. The molecule has 0 radical (unpaired) electrons. The zero-order valence-electron chi connectivity index (χ0n) is 11.9. The lowest BCUT2D eigenvalue weighted by Crippen LogP contribution is -2.33. The van der Waals surface area contributed by atoms with Gasteiger partial charge in [0.2, 0.25) is 0 Å². The van der Waals surface area contributed by atoms with Gasteiger partial charge in [-0.2, -0.15) is 0 Å². The average molecular weight is 319 g/mol. The molecule has 110 valence electrons. The summed E-state index contributed by atoms with van der Waals surface area (Å²) in [5, 5.41) is -0.235. The Morgan fingerprint density at radius 1 is 1.45 bits per heavy atom. The minimum absolute atomic E-state index is 0.0700. The van der Waals surface area contributed by atoms with Gasteiger partial charge in [-0.3, -0.25) is 0 Å². The SMILES string of the molecule is COCC(C)(C)n1c(C(C)Cl)nc2cc(F)c(Cl)cc21. The molecule has 1 aromatic carbocycles. The highest BCUT2D eigenvalue weighted by molar-refractivity contribution is 6.31. The second-order valence-electron chi connectivity index (χ2n) is 5.42. The molecular formula is C14H17Cl2FN2O. The van der Waals surface area contributed by atoms with Crippen molar-refractivity contribution in [2.75, 3.05) is 13.7 Å². The summed E-state index contributed by atoms with van der Waals surface area (Å²) in [6.07, 6.45) is 0. The van der Waals surface area contributed by atoms with E-state index in [4.69, 9.17) is 27.9 Å². The van der Waals surface area contributed by atoms with Crippen LogP contribution in [0.4, 0.5) is 4.39 Å². The maximum atomic E-state index is 13.6. The van der Waals surface area contributed by atoms with Gasteiger partial charge in [-0.15, -0.1) is 11.6 Å². The Labute approximate surface area is 127 Å². The summed E-state index contributed by atoms with van der Waals surface area (Å²) in [5.74, 6) is 0.188. The van der Waals surface area contributed by atoms with Crippen LogP contribution in [0.1, 0.15) is 32.0 Å². The zero-order valence-corrected chi connectivity index (χ0v) is 13.4. The minimum Gasteiger partial charge on any atom is -0.382 e. The lowest BCUT2D eigenvalue weighted by Gasteiger charge is -2.29. The summed E-state index contributed by atoms with van der Waals surface area (Å²) >= 11 is 12.1. The summed E-state index contributed by atoms with van der Waals surface area (Å²) in [7, 11) is 1.64. The van der Waals surface area contributed by atoms with Gasteiger partial charge in [-0.1, -0.05) is 11.6 Å². The second-order valence-corrected chi connectivity index (χ2v) is 6.48. The molecular weight excluding hydrogens is 302 g/mol. The van der Waals surface area contributed by atoms with E-state index in [1.54, 1.807) is 13.2 Å². The Morgan fingerprint density at radius 2 is 2.10 bits per heavy atom. The van der Waals surface area contributed by atoms with Gasteiger partial charge >= 0.3 is 0 Å². The first-order valence-electron chi connectivity index (χ1n) is 6.29. The summed E-state index contributed by atoms with van der Waals surface area (Å²) in [5.41, 5.74) is 0.919. The van der Waals surface area contributed by atoms with E-state index in [0.29, 0.717) is 17.9 Å². The van der Waals surface area contributed by atoms with Crippen LogP contribution >= 0.6 is 23.2 Å². The van der Waals surface area contributed by atoms with E-state index in [2.05, 4.69) is 4.98 Å². The van der Waals surface area contributed by atoms with Gasteiger partial charge in [-0.05, 0) is 26.8 Å². The average Bonchev–Trinajstić information content (AvgIpc) is 2.69. The summed E-state index contributed by atoms with van der Waals surface area (Å²) in [6, 6.07) is 2.92. The monoisotopic (exact) mass is 318 g/mol. The maximum absolute atomic E-state index is 13.6. The fourth-order valence-electron chi connectivity index (χ4n) is 2.41. The first kappa shape index (κ1) is 15.5. The van der Waals surface area contributed by atoms with E-state index in [1.165, 1.54) is 6.07 Å². The molecule has 0 aliphatic heterocycles. The molecule has 1 atom stereocenters. The van der Waals surface area contributed by atoms with Gasteiger partial charge in [0.25, 0.3) is 0 Å². The number of hydrogen-bond acceptors (Lipinski definition) is 2. The fraction of sp³-hybridized carbons (Fsp3) is 0.500. The van der Waals surface area contributed by atoms with Crippen LogP contribution in [0.15, 0.2) is 12.1 Å². The predicted octanol–water partition coefficient (Wildman–Crippen LogP) is 4.51. The van der Waals surface area contributed by atoms with E-state index in [9.17, 15) is 4.39 Å². The van der Waals surface area contributed by atoms with E-state index < -0.39 is 5.82 Å². The van der Waals surface area contributed by atoms with Crippen molar-refractivity contribution >= 4 is 34.2 Å². The normalized spacial score (nSPS) is 13.9. The number of fused-ring (bicyclic) bond motifs is 1. The van der Waals surface area contributed by atoms with Crippen LogP contribution in [-0.2, 0) is 10.3 Å². The van der Waals surface area contributed by atoms with Crippen molar-refractivity contribution in [3.05, 3.63) is 28.8 Å². The fourth-order valence-corrected chi connectivity index (χ4v) is 2.72. The highest BCUT2D eigenvalue weighted by Gasteiger charge is 2.28. The molecule has 20 heavy (non-hydrogen) atoms. The van der Waals surface area contributed by atoms with Crippen LogP contribution in [0.3, 0.4) is 0 Å². The first-order valence-corrected chi connectivity index (χ1v) is 7.10. The van der Waals surface area contributed by atoms with Crippen LogP contribution in [0.25, 0.3) is 11.0 Å². The number of methoxy groups -OCH3 is 1. The molecule has 3 nitrogen and oxygen atoms in total. The number of aromatic nitrogens is 2. The van der Waals surface area contributed by atoms with Gasteiger partial charge in [0, 0.05) is 13.2 Å². The molecule has 2 rings (SSSR count). The molecule has 1 heterocycles. The van der Waals surface area contributed by atoms with Gasteiger partial charge in [-0.25, -0.2) is 9.37 Å². The van der Waals surface area contributed by atoms with Gasteiger partial charge in [0.1, 0.15) is 11.6 Å². The third kappa shape index (κ3) is 2.65. The quantitative estimate of drug-likeness (QED) is 0.775.